The molecule has 9 heteroatoms. The molecule has 33 heavy (non-hydrogen) atoms. The molecule has 3 aromatic carbocycles. The fourth-order valence-electron chi connectivity index (χ4n) is 5.62. The summed E-state index contributed by atoms with van der Waals surface area (Å²) in [5, 5.41) is 15.5. The summed E-state index contributed by atoms with van der Waals surface area (Å²) in [7, 11) is 0. The molecule has 3 aliphatic heterocycles. The summed E-state index contributed by atoms with van der Waals surface area (Å²) in [6.45, 7) is 0.502. The topological polar surface area (TPSA) is 113 Å². The Kier molecular flexibility index (Phi) is 3.97. The molecule has 3 saturated heterocycles. The van der Waals surface area contributed by atoms with Gasteiger partial charge in [-0.15, -0.1) is 0 Å². The molecule has 3 unspecified atom stereocenters. The maximum absolute atomic E-state index is 14.1. The number of piperazine rings is 1. The zero-order valence-electron chi connectivity index (χ0n) is 17.3. The number of nitrogens with zero attached hydrogens (tertiary/aromatic N) is 3. The van der Waals surface area contributed by atoms with Gasteiger partial charge >= 0.3 is 6.03 Å². The van der Waals surface area contributed by atoms with Crippen molar-refractivity contribution in [3.63, 3.8) is 0 Å². The molecular weight excluding hydrogens is 424 g/mol. The number of nitrogens with one attached hydrogen (secondary N) is 1. The molecule has 0 spiro atoms. The van der Waals surface area contributed by atoms with E-state index in [4.69, 9.17) is 0 Å². The number of carbonyl (C=O) groups excluding carboxylic acids is 3. The van der Waals surface area contributed by atoms with Crippen LogP contribution in [0, 0.1) is 10.1 Å². The fourth-order valence-corrected chi connectivity index (χ4v) is 5.62. The van der Waals surface area contributed by atoms with Crippen molar-refractivity contribution in [2.45, 2.75) is 24.0 Å². The number of urea groups is 1. The second-order valence-corrected chi connectivity index (χ2v) is 8.51. The summed E-state index contributed by atoms with van der Waals surface area (Å²) in [6, 6.07) is 16.4. The maximum Gasteiger partial charge on any atom is 0.333 e. The van der Waals surface area contributed by atoms with Gasteiger partial charge in [-0.3, -0.25) is 24.6 Å². The molecular formula is C24H18N4O5. The van der Waals surface area contributed by atoms with Crippen molar-refractivity contribution in [1.82, 2.24) is 10.2 Å². The molecule has 3 aromatic rings. The number of carbonyl (C=O) groups is 3. The minimum atomic E-state index is -1.68. The Balaban J connectivity index is 1.55. The van der Waals surface area contributed by atoms with Crippen molar-refractivity contribution >= 4 is 39.9 Å². The number of nitro benzene ring substituents is 1. The van der Waals surface area contributed by atoms with Crippen LogP contribution in [0.3, 0.4) is 0 Å². The number of non-ortho nitro benzene ring substituents is 1. The number of anilines is 1. The zero-order chi connectivity index (χ0) is 22.9. The monoisotopic (exact) mass is 442 g/mol. The van der Waals surface area contributed by atoms with Crippen molar-refractivity contribution in [2.75, 3.05) is 11.4 Å². The molecule has 3 amide bonds. The van der Waals surface area contributed by atoms with E-state index in [1.165, 1.54) is 17.0 Å². The van der Waals surface area contributed by atoms with Crippen molar-refractivity contribution in [3.05, 3.63) is 82.4 Å². The molecule has 0 radical (unpaired) electrons. The van der Waals surface area contributed by atoms with Gasteiger partial charge in [0.15, 0.2) is 5.78 Å². The average molecular weight is 442 g/mol. The average Bonchev–Trinajstić information content (AvgIpc) is 3.50. The summed E-state index contributed by atoms with van der Waals surface area (Å²) in [4.78, 5) is 55.1. The standard InChI is InChI=1S/C24H18N4O5/c29-21(14-6-2-1-3-7-14)24-20-12-15(13-25-20)27(24)23(31)26(22(24)30)18-10-11-19(28(32)33)17-9-5-4-8-16(17)18/h1-11,15,20,25H,12-13H2. The van der Waals surface area contributed by atoms with E-state index in [0.29, 0.717) is 29.3 Å². The van der Waals surface area contributed by atoms with E-state index in [9.17, 15) is 24.5 Å². The highest BCUT2D eigenvalue weighted by atomic mass is 16.6. The number of nitro groups is 1. The molecule has 0 aliphatic carbocycles. The normalized spacial score (nSPS) is 25.7. The van der Waals surface area contributed by atoms with Crippen molar-refractivity contribution < 1.29 is 19.3 Å². The van der Waals surface area contributed by atoms with Crippen LogP contribution >= 0.6 is 0 Å². The van der Waals surface area contributed by atoms with Gasteiger partial charge in [-0.25, -0.2) is 9.69 Å². The van der Waals surface area contributed by atoms with Crippen LogP contribution in [0.15, 0.2) is 66.7 Å². The molecule has 6 rings (SSSR count). The van der Waals surface area contributed by atoms with Gasteiger partial charge in [0.1, 0.15) is 0 Å². The van der Waals surface area contributed by atoms with E-state index >= 15 is 0 Å². The van der Waals surface area contributed by atoms with Crippen LogP contribution in [0.25, 0.3) is 10.8 Å². The van der Waals surface area contributed by atoms with Crippen LogP contribution in [-0.4, -0.2) is 51.7 Å². The third-order valence-electron chi connectivity index (χ3n) is 6.98. The van der Waals surface area contributed by atoms with Crippen LogP contribution in [0.1, 0.15) is 16.8 Å². The molecule has 3 atom stereocenters. The number of fused-ring (bicyclic) bond motifs is 6. The third-order valence-corrected chi connectivity index (χ3v) is 6.98. The first kappa shape index (κ1) is 19.6. The number of hydrogen-bond donors (Lipinski definition) is 1. The molecule has 164 valence electrons. The lowest BCUT2D eigenvalue weighted by atomic mass is 9.82. The summed E-state index contributed by atoms with van der Waals surface area (Å²) in [5.74, 6) is -1.05. The van der Waals surface area contributed by atoms with Gasteiger partial charge in [-0.05, 0) is 18.6 Å². The minimum absolute atomic E-state index is 0.120. The third kappa shape index (κ3) is 2.37. The van der Waals surface area contributed by atoms with Crippen LogP contribution in [0.4, 0.5) is 16.2 Å². The number of benzene rings is 3. The molecule has 1 N–H and O–H groups in total. The first-order valence-electron chi connectivity index (χ1n) is 10.6. The van der Waals surface area contributed by atoms with E-state index in [1.54, 1.807) is 54.6 Å². The number of Topliss-reactive ketones (excluding diaryl/α,β-unsaturated/α-hetero) is 1. The van der Waals surface area contributed by atoms with Gasteiger partial charge in [-0.2, -0.15) is 0 Å². The summed E-state index contributed by atoms with van der Waals surface area (Å²) >= 11 is 0. The van der Waals surface area contributed by atoms with Gasteiger partial charge in [0.2, 0.25) is 5.54 Å². The van der Waals surface area contributed by atoms with Crippen molar-refractivity contribution in [1.29, 1.82) is 0 Å². The van der Waals surface area contributed by atoms with E-state index in [1.807, 2.05) is 0 Å². The lowest BCUT2D eigenvalue weighted by Crippen LogP contribution is -2.66. The highest BCUT2D eigenvalue weighted by molar-refractivity contribution is 6.36. The summed E-state index contributed by atoms with van der Waals surface area (Å²) < 4.78 is 0. The predicted molar refractivity (Wildman–Crippen MR) is 119 cm³/mol. The zero-order valence-corrected chi connectivity index (χ0v) is 17.3. The van der Waals surface area contributed by atoms with Gasteiger partial charge in [-0.1, -0.05) is 48.5 Å². The number of imide groups is 1. The van der Waals surface area contributed by atoms with E-state index < -0.39 is 34.2 Å². The van der Waals surface area contributed by atoms with Crippen LogP contribution in [-0.2, 0) is 4.79 Å². The lowest BCUT2D eigenvalue weighted by molar-refractivity contribution is -0.383. The molecule has 2 bridgehead atoms. The van der Waals surface area contributed by atoms with Crippen molar-refractivity contribution in [3.8, 4) is 0 Å². The Morgan fingerprint density at radius 1 is 1.00 bits per heavy atom. The fraction of sp³-hybridized carbons (Fsp3) is 0.208. The molecule has 0 saturated carbocycles. The molecule has 3 heterocycles. The number of amides is 3. The molecule has 3 aliphatic rings. The van der Waals surface area contributed by atoms with Crippen LogP contribution in [0.5, 0.6) is 0 Å². The second kappa shape index (κ2) is 6.69. The predicted octanol–water partition coefficient (Wildman–Crippen LogP) is 2.88. The Hall–Kier alpha value is -4.11. The second-order valence-electron chi connectivity index (χ2n) is 8.51. The summed E-state index contributed by atoms with van der Waals surface area (Å²) in [6.07, 6.45) is 0.519. The largest absolute Gasteiger partial charge is 0.333 e. The SMILES string of the molecule is O=C1N(c2ccc([N+](=O)[O-])c3ccccc23)C(=O)C2(C(=O)c3ccccc3)C3CC(CN3)N12. The maximum atomic E-state index is 14.1. The first-order valence-corrected chi connectivity index (χ1v) is 10.6. The van der Waals surface area contributed by atoms with Crippen LogP contribution < -0.4 is 10.2 Å². The smallest absolute Gasteiger partial charge is 0.309 e. The lowest BCUT2D eigenvalue weighted by Gasteiger charge is -2.37. The minimum Gasteiger partial charge on any atom is -0.309 e. The van der Waals surface area contributed by atoms with Gasteiger partial charge in [0, 0.05) is 35.6 Å². The molecule has 0 aromatic heterocycles. The van der Waals surface area contributed by atoms with Gasteiger partial charge in [0.25, 0.3) is 11.6 Å². The molecule has 9 nitrogen and oxygen atoms in total. The highest BCUT2D eigenvalue weighted by Crippen LogP contribution is 2.48. The number of hydrogen-bond acceptors (Lipinski definition) is 6. The summed E-state index contributed by atoms with van der Waals surface area (Å²) in [5.41, 5.74) is -1.20. The van der Waals surface area contributed by atoms with E-state index in [0.717, 1.165) is 4.90 Å². The number of ketones is 1. The quantitative estimate of drug-likeness (QED) is 0.219. The Labute approximate surface area is 187 Å². The Morgan fingerprint density at radius 3 is 2.42 bits per heavy atom. The van der Waals surface area contributed by atoms with Crippen molar-refractivity contribution in [2.24, 2.45) is 0 Å². The molecule has 3 fully saturated rings. The number of rotatable bonds is 4. The Bertz CT molecular complexity index is 1370. The Morgan fingerprint density at radius 2 is 1.70 bits per heavy atom. The van der Waals surface area contributed by atoms with E-state index in [2.05, 4.69) is 5.32 Å². The first-order chi connectivity index (χ1) is 16.0. The van der Waals surface area contributed by atoms with Gasteiger partial charge < -0.3 is 5.32 Å². The van der Waals surface area contributed by atoms with E-state index in [-0.39, 0.29) is 17.4 Å². The highest BCUT2D eigenvalue weighted by Gasteiger charge is 2.73. The van der Waals surface area contributed by atoms with Crippen LogP contribution in [0.2, 0.25) is 0 Å². The van der Waals surface area contributed by atoms with Gasteiger partial charge in [0.05, 0.1) is 16.0 Å².